The maximum atomic E-state index is 11.8. The molecule has 1 aromatic heterocycles. The van der Waals surface area contributed by atoms with Crippen LogP contribution in [0.25, 0.3) is 23.1 Å². The molecule has 1 saturated carbocycles. The van der Waals surface area contributed by atoms with Crippen molar-refractivity contribution in [3.8, 4) is 11.5 Å². The zero-order valence-corrected chi connectivity index (χ0v) is 25.0. The summed E-state index contributed by atoms with van der Waals surface area (Å²) >= 11 is 6.12. The minimum absolute atomic E-state index is 0.134. The number of benzene rings is 3. The molecule has 43 heavy (non-hydrogen) atoms. The first-order valence-electron chi connectivity index (χ1n) is 14.6. The van der Waals surface area contributed by atoms with Gasteiger partial charge < -0.3 is 24.3 Å². The van der Waals surface area contributed by atoms with Crippen molar-refractivity contribution in [2.45, 2.75) is 52.0 Å². The highest BCUT2D eigenvalue weighted by Gasteiger charge is 2.45. The minimum Gasteiger partial charge on any atom is -0.494 e. The summed E-state index contributed by atoms with van der Waals surface area (Å²) in [5.41, 5.74) is 4.45. The Morgan fingerprint density at radius 2 is 1.63 bits per heavy atom. The van der Waals surface area contributed by atoms with E-state index in [0.29, 0.717) is 30.4 Å². The molecule has 0 atom stereocenters. The summed E-state index contributed by atoms with van der Waals surface area (Å²) in [6.07, 6.45) is 8.23. The Morgan fingerprint density at radius 3 is 2.30 bits per heavy atom. The fraction of sp³-hybridized carbons (Fsp3) is 0.314. The van der Waals surface area contributed by atoms with Gasteiger partial charge in [0.2, 0.25) is 0 Å². The van der Waals surface area contributed by atoms with Gasteiger partial charge in [-0.2, -0.15) is 0 Å². The van der Waals surface area contributed by atoms with E-state index in [1.807, 2.05) is 90.4 Å². The van der Waals surface area contributed by atoms with Gasteiger partial charge in [0.15, 0.2) is 0 Å². The van der Waals surface area contributed by atoms with Gasteiger partial charge in [0.1, 0.15) is 18.0 Å². The number of nitrogens with zero attached hydrogens (tertiary/aromatic N) is 1. The molecule has 224 valence electrons. The second-order valence-electron chi connectivity index (χ2n) is 11.3. The topological polar surface area (TPSA) is 98.0 Å². The molecule has 1 heterocycles. The maximum absolute atomic E-state index is 11.8. The number of hydrogen-bond acceptors (Lipinski definition) is 4. The summed E-state index contributed by atoms with van der Waals surface area (Å²) in [5.74, 6) is -0.223. The summed E-state index contributed by atoms with van der Waals surface area (Å²) in [6.45, 7) is 2.94. The first-order chi connectivity index (χ1) is 20.7. The second-order valence-corrected chi connectivity index (χ2v) is 11.7. The van der Waals surface area contributed by atoms with E-state index in [9.17, 15) is 19.8 Å². The molecule has 5 rings (SSSR count). The molecule has 0 radical (unpaired) electrons. The highest BCUT2D eigenvalue weighted by atomic mass is 35.5. The fourth-order valence-corrected chi connectivity index (χ4v) is 5.80. The summed E-state index contributed by atoms with van der Waals surface area (Å²) in [7, 11) is 0. The third-order valence-corrected chi connectivity index (χ3v) is 8.38. The van der Waals surface area contributed by atoms with Gasteiger partial charge in [0.25, 0.3) is 0 Å². The Labute approximate surface area is 256 Å². The Balaban J connectivity index is 1.24. The molecule has 0 aliphatic heterocycles. The van der Waals surface area contributed by atoms with Gasteiger partial charge >= 0.3 is 11.9 Å². The first-order valence-corrected chi connectivity index (χ1v) is 14.9. The van der Waals surface area contributed by atoms with Crippen LogP contribution in [0.3, 0.4) is 0 Å². The third-order valence-electron chi connectivity index (χ3n) is 8.07. The maximum Gasteiger partial charge on any atom is 0.323 e. The zero-order chi connectivity index (χ0) is 30.4. The Hall–Kier alpha value is -4.23. The van der Waals surface area contributed by atoms with Gasteiger partial charge in [-0.1, -0.05) is 66.2 Å². The fourth-order valence-electron chi connectivity index (χ4n) is 5.61. The molecular formula is C35H36ClNO6. The van der Waals surface area contributed by atoms with Crippen LogP contribution in [0, 0.1) is 12.3 Å². The van der Waals surface area contributed by atoms with Crippen LogP contribution < -0.4 is 9.47 Å². The monoisotopic (exact) mass is 601 g/mol. The van der Waals surface area contributed by atoms with Crippen LogP contribution >= 0.6 is 11.6 Å². The number of hydrogen-bond donors (Lipinski definition) is 2. The summed E-state index contributed by atoms with van der Waals surface area (Å²) in [4.78, 5) is 23.3. The lowest BCUT2D eigenvalue weighted by molar-refractivity contribution is -0.139. The Morgan fingerprint density at radius 1 is 0.907 bits per heavy atom. The highest BCUT2D eigenvalue weighted by molar-refractivity contribution is 6.32. The lowest BCUT2D eigenvalue weighted by atomic mass is 9.91. The molecule has 1 aliphatic rings. The quantitative estimate of drug-likeness (QED) is 0.106. The lowest BCUT2D eigenvalue weighted by Crippen LogP contribution is -2.13. The van der Waals surface area contributed by atoms with E-state index in [1.54, 1.807) is 0 Å². The van der Waals surface area contributed by atoms with E-state index in [-0.39, 0.29) is 18.4 Å². The number of ether oxygens (including phenoxy) is 2. The van der Waals surface area contributed by atoms with Crippen molar-refractivity contribution in [1.29, 1.82) is 0 Å². The summed E-state index contributed by atoms with van der Waals surface area (Å²) in [5, 5.41) is 20.7. The van der Waals surface area contributed by atoms with Crippen LogP contribution in [-0.2, 0) is 22.6 Å². The number of unbranched alkanes of at least 4 members (excludes halogenated alkanes) is 1. The van der Waals surface area contributed by atoms with Gasteiger partial charge in [-0.3, -0.25) is 9.59 Å². The number of carbonyl (C=O) groups is 2. The Bertz CT molecular complexity index is 1630. The van der Waals surface area contributed by atoms with Crippen molar-refractivity contribution < 1.29 is 29.3 Å². The smallest absolute Gasteiger partial charge is 0.323 e. The largest absolute Gasteiger partial charge is 0.494 e. The minimum atomic E-state index is -0.916. The average Bonchev–Trinajstić information content (AvgIpc) is 3.69. The second kappa shape index (κ2) is 13.4. The SMILES string of the molecule is Cc1c(CC2(CC(=O)O)CC2)c2cccc(/C=C/c3ccc(OCCCCOc4ccccc4Cl)cc3)c2n1CC(=O)O. The van der Waals surface area contributed by atoms with Gasteiger partial charge in [0.05, 0.1) is 30.2 Å². The number of fused-ring (bicyclic) bond motifs is 1. The lowest BCUT2D eigenvalue weighted by Gasteiger charge is -2.13. The van der Waals surface area contributed by atoms with E-state index in [0.717, 1.165) is 64.7 Å². The molecule has 0 bridgehead atoms. The van der Waals surface area contributed by atoms with Crippen molar-refractivity contribution in [2.24, 2.45) is 5.41 Å². The molecule has 1 fully saturated rings. The van der Waals surface area contributed by atoms with Crippen LogP contribution in [0.4, 0.5) is 0 Å². The first kappa shape index (κ1) is 30.2. The molecule has 0 amide bonds. The predicted octanol–water partition coefficient (Wildman–Crippen LogP) is 7.89. The van der Waals surface area contributed by atoms with Gasteiger partial charge in [0, 0.05) is 11.1 Å². The molecule has 1 aliphatic carbocycles. The van der Waals surface area contributed by atoms with Gasteiger partial charge in [-0.25, -0.2) is 0 Å². The van der Waals surface area contributed by atoms with Gasteiger partial charge in [-0.05, 0) is 85.4 Å². The van der Waals surface area contributed by atoms with Crippen LogP contribution in [-0.4, -0.2) is 39.9 Å². The standard InChI is InChI=1S/C35H36ClNO6/c1-24-29(21-35(17-18-35)22-32(38)39)28-8-6-7-26(34(28)37(24)23-33(40)41)14-11-25-12-15-27(16-13-25)42-19-4-5-20-43-31-10-3-2-9-30(31)36/h2-3,6-16H,4-5,17-23H2,1H3,(H,38,39)(H,40,41)/b14-11+. The van der Waals surface area contributed by atoms with Crippen LogP contribution in [0.15, 0.2) is 66.7 Å². The molecule has 4 aromatic rings. The number of aliphatic carboxylic acids is 2. The molecule has 3 aromatic carbocycles. The number of halogens is 1. The normalized spacial score (nSPS) is 13.8. The number of carboxylic acids is 2. The number of para-hydroxylation sites is 2. The molecule has 7 nitrogen and oxygen atoms in total. The van der Waals surface area contributed by atoms with Crippen molar-refractivity contribution >= 4 is 46.6 Å². The summed E-state index contributed by atoms with van der Waals surface area (Å²) in [6, 6.07) is 21.3. The highest BCUT2D eigenvalue weighted by Crippen LogP contribution is 2.52. The van der Waals surface area contributed by atoms with E-state index in [2.05, 4.69) is 0 Å². The number of aromatic nitrogens is 1. The van der Waals surface area contributed by atoms with E-state index in [1.165, 1.54) is 0 Å². The van der Waals surface area contributed by atoms with Gasteiger partial charge in [-0.15, -0.1) is 0 Å². The molecule has 8 heteroatoms. The summed E-state index contributed by atoms with van der Waals surface area (Å²) < 4.78 is 13.5. The van der Waals surface area contributed by atoms with Crippen LogP contribution in [0.1, 0.15) is 54.5 Å². The van der Waals surface area contributed by atoms with Crippen molar-refractivity contribution in [3.05, 3.63) is 94.1 Å². The number of rotatable bonds is 15. The molecule has 0 saturated heterocycles. The van der Waals surface area contributed by atoms with Crippen molar-refractivity contribution in [1.82, 2.24) is 4.57 Å². The Kier molecular flexibility index (Phi) is 9.41. The van der Waals surface area contributed by atoms with E-state index in [4.69, 9.17) is 21.1 Å². The number of carboxylic acid groups (broad SMARTS) is 2. The zero-order valence-electron chi connectivity index (χ0n) is 24.2. The predicted molar refractivity (Wildman–Crippen MR) is 169 cm³/mol. The van der Waals surface area contributed by atoms with E-state index < -0.39 is 11.9 Å². The third kappa shape index (κ3) is 7.59. The average molecular weight is 602 g/mol. The van der Waals surface area contributed by atoms with Crippen molar-refractivity contribution in [3.63, 3.8) is 0 Å². The van der Waals surface area contributed by atoms with Crippen molar-refractivity contribution in [2.75, 3.05) is 13.2 Å². The van der Waals surface area contributed by atoms with E-state index >= 15 is 0 Å². The molecule has 0 unspecified atom stereocenters. The molecule has 2 N–H and O–H groups in total. The van der Waals surface area contributed by atoms with Crippen LogP contribution in [0.5, 0.6) is 11.5 Å². The molecule has 0 spiro atoms. The molecular weight excluding hydrogens is 566 g/mol. The van der Waals surface area contributed by atoms with Crippen LogP contribution in [0.2, 0.25) is 5.02 Å².